The van der Waals surface area contributed by atoms with E-state index in [1.807, 2.05) is 36.4 Å². The van der Waals surface area contributed by atoms with Crippen molar-refractivity contribution in [2.24, 2.45) is 5.73 Å². The number of hydrogen-bond acceptors (Lipinski definition) is 3. The van der Waals surface area contributed by atoms with Gasteiger partial charge in [0.2, 0.25) is 0 Å². The highest BCUT2D eigenvalue weighted by atomic mass is 35.5. The summed E-state index contributed by atoms with van der Waals surface area (Å²) in [6.07, 6.45) is 1.75. The van der Waals surface area contributed by atoms with E-state index in [0.29, 0.717) is 17.3 Å². The molecule has 1 aromatic carbocycles. The molecular formula is C14H11ClN2O. The Morgan fingerprint density at radius 2 is 2.11 bits per heavy atom. The minimum absolute atomic E-state index is 0.485. The van der Waals surface area contributed by atoms with E-state index in [1.165, 1.54) is 0 Å². The van der Waals surface area contributed by atoms with Crippen molar-refractivity contribution in [1.82, 2.24) is 4.98 Å². The molecule has 4 heteroatoms. The third-order valence-corrected chi connectivity index (χ3v) is 3.15. The molecule has 0 bridgehead atoms. The Hall–Kier alpha value is -1.84. The van der Waals surface area contributed by atoms with Crippen LogP contribution < -0.4 is 5.73 Å². The van der Waals surface area contributed by atoms with Crippen LogP contribution in [0.4, 0.5) is 0 Å². The third kappa shape index (κ3) is 1.88. The van der Waals surface area contributed by atoms with Crippen LogP contribution in [0.2, 0.25) is 5.02 Å². The molecule has 90 valence electrons. The first kappa shape index (κ1) is 11.3. The topological polar surface area (TPSA) is 52.0 Å². The Kier molecular flexibility index (Phi) is 2.78. The minimum Gasteiger partial charge on any atom is -0.454 e. The summed E-state index contributed by atoms with van der Waals surface area (Å²) in [5, 5.41) is 1.58. The number of benzene rings is 1. The standard InChI is InChI=1S/C14H11ClN2O/c15-11-2-1-3-13-10(11)6-14(18-13)12-5-4-9(7-16)8-17-12/h1-6,8H,7,16H2. The van der Waals surface area contributed by atoms with Gasteiger partial charge in [-0.2, -0.15) is 0 Å². The SMILES string of the molecule is NCc1ccc(-c2cc3c(Cl)cccc3o2)nc1. The van der Waals surface area contributed by atoms with E-state index in [1.54, 1.807) is 6.20 Å². The normalized spacial score (nSPS) is 11.0. The van der Waals surface area contributed by atoms with Crippen molar-refractivity contribution in [3.05, 3.63) is 53.2 Å². The van der Waals surface area contributed by atoms with Gasteiger partial charge in [0.15, 0.2) is 5.76 Å². The molecule has 0 radical (unpaired) electrons. The van der Waals surface area contributed by atoms with Crippen molar-refractivity contribution in [3.63, 3.8) is 0 Å². The number of halogens is 1. The number of fused-ring (bicyclic) bond motifs is 1. The van der Waals surface area contributed by atoms with Gasteiger partial charge in [-0.05, 0) is 29.8 Å². The van der Waals surface area contributed by atoms with Gasteiger partial charge < -0.3 is 10.2 Å². The molecule has 2 N–H and O–H groups in total. The molecule has 0 atom stereocenters. The van der Waals surface area contributed by atoms with Crippen LogP contribution in [0.1, 0.15) is 5.56 Å². The van der Waals surface area contributed by atoms with Gasteiger partial charge in [0.25, 0.3) is 0 Å². The van der Waals surface area contributed by atoms with Gasteiger partial charge in [-0.25, -0.2) is 0 Å². The molecular weight excluding hydrogens is 248 g/mol. The summed E-state index contributed by atoms with van der Waals surface area (Å²) in [6, 6.07) is 11.3. The lowest BCUT2D eigenvalue weighted by Crippen LogP contribution is -1.96. The maximum Gasteiger partial charge on any atom is 0.153 e. The van der Waals surface area contributed by atoms with Crippen LogP contribution in [-0.2, 0) is 6.54 Å². The smallest absolute Gasteiger partial charge is 0.153 e. The van der Waals surface area contributed by atoms with Crippen LogP contribution in [0.3, 0.4) is 0 Å². The number of hydrogen-bond donors (Lipinski definition) is 1. The van der Waals surface area contributed by atoms with Crippen molar-refractivity contribution in [3.8, 4) is 11.5 Å². The van der Waals surface area contributed by atoms with Crippen LogP contribution in [0, 0.1) is 0 Å². The molecule has 0 amide bonds. The molecule has 3 rings (SSSR count). The predicted molar refractivity (Wildman–Crippen MR) is 72.3 cm³/mol. The maximum absolute atomic E-state index is 6.11. The van der Waals surface area contributed by atoms with Crippen LogP contribution in [0.15, 0.2) is 47.0 Å². The average Bonchev–Trinajstić information content (AvgIpc) is 2.84. The summed E-state index contributed by atoms with van der Waals surface area (Å²) in [4.78, 5) is 4.33. The van der Waals surface area contributed by atoms with E-state index in [2.05, 4.69) is 4.98 Å². The highest BCUT2D eigenvalue weighted by Crippen LogP contribution is 2.31. The zero-order chi connectivity index (χ0) is 12.5. The second-order valence-corrected chi connectivity index (χ2v) is 4.43. The fourth-order valence-electron chi connectivity index (χ4n) is 1.84. The van der Waals surface area contributed by atoms with Crippen LogP contribution in [0.25, 0.3) is 22.4 Å². The average molecular weight is 259 g/mol. The van der Waals surface area contributed by atoms with Gasteiger partial charge in [0.05, 0.1) is 5.02 Å². The number of nitrogens with two attached hydrogens (primary N) is 1. The fourth-order valence-corrected chi connectivity index (χ4v) is 2.06. The second-order valence-electron chi connectivity index (χ2n) is 4.02. The molecule has 2 heterocycles. The summed E-state index contributed by atoms with van der Waals surface area (Å²) in [7, 11) is 0. The molecule has 3 aromatic rings. The molecule has 18 heavy (non-hydrogen) atoms. The lowest BCUT2D eigenvalue weighted by molar-refractivity contribution is 0.628. The summed E-state index contributed by atoms with van der Waals surface area (Å²) in [5.74, 6) is 0.710. The molecule has 0 saturated heterocycles. The molecule has 0 aliphatic heterocycles. The van der Waals surface area contributed by atoms with E-state index >= 15 is 0 Å². The second kappa shape index (κ2) is 4.44. The van der Waals surface area contributed by atoms with Gasteiger partial charge in [0, 0.05) is 18.1 Å². The van der Waals surface area contributed by atoms with Crippen molar-refractivity contribution in [2.45, 2.75) is 6.54 Å². The highest BCUT2D eigenvalue weighted by Gasteiger charge is 2.09. The van der Waals surface area contributed by atoms with Crippen LogP contribution in [-0.4, -0.2) is 4.98 Å². The number of pyridine rings is 1. The predicted octanol–water partition coefficient (Wildman–Crippen LogP) is 3.61. The fraction of sp³-hybridized carbons (Fsp3) is 0.0714. The van der Waals surface area contributed by atoms with Crippen LogP contribution >= 0.6 is 11.6 Å². The van der Waals surface area contributed by atoms with E-state index in [-0.39, 0.29) is 0 Å². The summed E-state index contributed by atoms with van der Waals surface area (Å²) < 4.78 is 5.73. The van der Waals surface area contributed by atoms with Crippen molar-refractivity contribution >= 4 is 22.6 Å². The molecule has 3 nitrogen and oxygen atoms in total. The molecule has 0 aliphatic carbocycles. The Morgan fingerprint density at radius 3 is 2.78 bits per heavy atom. The lowest BCUT2D eigenvalue weighted by Gasteiger charge is -1.97. The van der Waals surface area contributed by atoms with Gasteiger partial charge >= 0.3 is 0 Å². The minimum atomic E-state index is 0.485. The molecule has 0 spiro atoms. The third-order valence-electron chi connectivity index (χ3n) is 2.82. The zero-order valence-electron chi connectivity index (χ0n) is 9.56. The van der Waals surface area contributed by atoms with Crippen LogP contribution in [0.5, 0.6) is 0 Å². The van der Waals surface area contributed by atoms with E-state index in [9.17, 15) is 0 Å². The van der Waals surface area contributed by atoms with Crippen molar-refractivity contribution < 1.29 is 4.42 Å². The molecule has 0 unspecified atom stereocenters. The van der Waals surface area contributed by atoms with Gasteiger partial charge in [0.1, 0.15) is 11.3 Å². The molecule has 0 saturated carbocycles. The summed E-state index contributed by atoms with van der Waals surface area (Å²) in [5.41, 5.74) is 8.08. The first-order chi connectivity index (χ1) is 8.78. The van der Waals surface area contributed by atoms with E-state index in [0.717, 1.165) is 22.2 Å². The van der Waals surface area contributed by atoms with Gasteiger partial charge in [-0.3, -0.25) is 4.98 Å². The number of furan rings is 1. The first-order valence-corrected chi connectivity index (χ1v) is 5.99. The molecule has 0 fully saturated rings. The maximum atomic E-state index is 6.11. The summed E-state index contributed by atoms with van der Waals surface area (Å²) >= 11 is 6.11. The first-order valence-electron chi connectivity index (χ1n) is 5.61. The Labute approximate surface area is 109 Å². The Balaban J connectivity index is 2.10. The van der Waals surface area contributed by atoms with E-state index in [4.69, 9.17) is 21.8 Å². The number of rotatable bonds is 2. The number of nitrogens with zero attached hydrogens (tertiary/aromatic N) is 1. The van der Waals surface area contributed by atoms with Gasteiger partial charge in [-0.1, -0.05) is 23.7 Å². The lowest BCUT2D eigenvalue weighted by atomic mass is 10.2. The monoisotopic (exact) mass is 258 g/mol. The quantitative estimate of drug-likeness (QED) is 0.764. The number of aromatic nitrogens is 1. The van der Waals surface area contributed by atoms with Gasteiger partial charge in [-0.15, -0.1) is 0 Å². The highest BCUT2D eigenvalue weighted by molar-refractivity contribution is 6.35. The van der Waals surface area contributed by atoms with Crippen molar-refractivity contribution in [2.75, 3.05) is 0 Å². The Morgan fingerprint density at radius 1 is 1.22 bits per heavy atom. The molecule has 0 aliphatic rings. The van der Waals surface area contributed by atoms with Crippen molar-refractivity contribution in [1.29, 1.82) is 0 Å². The summed E-state index contributed by atoms with van der Waals surface area (Å²) in [6.45, 7) is 0.485. The Bertz CT molecular complexity index is 689. The molecule has 2 aromatic heterocycles. The van der Waals surface area contributed by atoms with E-state index < -0.39 is 0 Å². The zero-order valence-corrected chi connectivity index (χ0v) is 10.3. The largest absolute Gasteiger partial charge is 0.454 e.